The van der Waals surface area contributed by atoms with Crippen LogP contribution in [0.4, 0.5) is 17.1 Å². The number of nitrogens with zero attached hydrogens (tertiary/aromatic N) is 4. The van der Waals surface area contributed by atoms with Crippen LogP contribution in [0.25, 0.3) is 0 Å². The number of amidine groups is 1. The molecule has 1 aromatic rings. The summed E-state index contributed by atoms with van der Waals surface area (Å²) >= 11 is 0. The van der Waals surface area contributed by atoms with Crippen molar-refractivity contribution in [3.8, 4) is 0 Å². The first-order valence-electron chi connectivity index (χ1n) is 7.14. The van der Waals surface area contributed by atoms with E-state index in [2.05, 4.69) is 14.8 Å². The summed E-state index contributed by atoms with van der Waals surface area (Å²) in [5.41, 5.74) is 7.93. The molecule has 0 fully saturated rings. The average molecular weight is 353 g/mol. The van der Waals surface area contributed by atoms with E-state index in [0.717, 1.165) is 11.9 Å². The van der Waals surface area contributed by atoms with Crippen LogP contribution in [-0.4, -0.2) is 69.5 Å². The highest BCUT2D eigenvalue weighted by molar-refractivity contribution is 7.92. The third kappa shape index (κ3) is 4.30. The number of aliphatic imine (C=N–C) groups is 1. The van der Waals surface area contributed by atoms with Crippen molar-refractivity contribution < 1.29 is 18.2 Å². The van der Waals surface area contributed by atoms with Gasteiger partial charge in [-0.25, -0.2) is 13.4 Å². The molecule has 1 aliphatic rings. The Morgan fingerprint density at radius 2 is 2.12 bits per heavy atom. The molecule has 130 valence electrons. The zero-order valence-electron chi connectivity index (χ0n) is 13.8. The molecule has 0 amide bonds. The minimum atomic E-state index is -3.46. The van der Waals surface area contributed by atoms with E-state index in [0.29, 0.717) is 22.9 Å². The molecule has 0 radical (unpaired) electrons. The van der Waals surface area contributed by atoms with E-state index in [1.165, 1.54) is 10.9 Å². The summed E-state index contributed by atoms with van der Waals surface area (Å²) in [5, 5.41) is 13.0. The fourth-order valence-electron chi connectivity index (χ4n) is 2.05. The highest BCUT2D eigenvalue weighted by Crippen LogP contribution is 2.30. The van der Waals surface area contributed by atoms with Crippen LogP contribution in [0.5, 0.6) is 0 Å². The maximum absolute atomic E-state index is 11.6. The van der Waals surface area contributed by atoms with Gasteiger partial charge in [0.2, 0.25) is 10.0 Å². The number of hydrogen-bond acceptors (Lipinski definition) is 7. The van der Waals surface area contributed by atoms with Crippen molar-refractivity contribution in [1.29, 1.82) is 0 Å². The number of sulfonamides is 1. The first-order chi connectivity index (χ1) is 11.2. The lowest BCUT2D eigenvalue weighted by Crippen LogP contribution is -2.30. The van der Waals surface area contributed by atoms with Gasteiger partial charge in [0.1, 0.15) is 12.8 Å². The number of anilines is 2. The third-order valence-corrected chi connectivity index (χ3v) is 3.80. The van der Waals surface area contributed by atoms with E-state index in [4.69, 9.17) is 10.8 Å². The SMILES string of the molecule is CN(C)c1ccc(N=C2C=N[N+](CCO)=C2N)c(NS(C)(=O)=O)c1. The van der Waals surface area contributed by atoms with Crippen LogP contribution in [0.2, 0.25) is 0 Å². The molecule has 9 nitrogen and oxygen atoms in total. The van der Waals surface area contributed by atoms with Crippen LogP contribution >= 0.6 is 0 Å². The van der Waals surface area contributed by atoms with Crippen LogP contribution in [0, 0.1) is 0 Å². The monoisotopic (exact) mass is 353 g/mol. The Kier molecular flexibility index (Phi) is 5.20. The number of aliphatic hydroxyl groups is 1. The van der Waals surface area contributed by atoms with Gasteiger partial charge in [0, 0.05) is 19.8 Å². The molecule has 2 rings (SSSR count). The Morgan fingerprint density at radius 1 is 1.42 bits per heavy atom. The number of rotatable bonds is 6. The number of nitrogens with two attached hydrogens (primary N) is 1. The van der Waals surface area contributed by atoms with E-state index in [-0.39, 0.29) is 13.2 Å². The number of hydrogen-bond donors (Lipinski definition) is 3. The van der Waals surface area contributed by atoms with Crippen LogP contribution < -0.4 is 15.4 Å². The Bertz CT molecular complexity index is 827. The number of nitrogens with one attached hydrogen (secondary N) is 1. The lowest BCUT2D eigenvalue weighted by atomic mass is 10.2. The lowest BCUT2D eigenvalue weighted by Gasteiger charge is -2.15. The summed E-state index contributed by atoms with van der Waals surface area (Å²) in [6, 6.07) is 5.21. The first-order valence-corrected chi connectivity index (χ1v) is 9.03. The van der Waals surface area contributed by atoms with Gasteiger partial charge < -0.3 is 10.0 Å². The molecule has 0 aromatic heterocycles. The van der Waals surface area contributed by atoms with Gasteiger partial charge in [-0.1, -0.05) is 5.10 Å². The van der Waals surface area contributed by atoms with Crippen molar-refractivity contribution >= 4 is 44.8 Å². The standard InChI is InChI=1S/C14H20N6O3S/c1-19(2)10-4-5-11(12(8-10)18-24(3,22)23)17-13-9-16-20(6-7-21)14(13)15/h4-5,8-9,21H,6-7H2,1-3H3,(H2,15,16,18)/p+1. The molecule has 0 saturated heterocycles. The Balaban J connectivity index is 2.47. The van der Waals surface area contributed by atoms with E-state index in [1.54, 1.807) is 12.1 Å². The van der Waals surface area contributed by atoms with Crippen molar-refractivity contribution in [3.05, 3.63) is 18.2 Å². The van der Waals surface area contributed by atoms with Crippen LogP contribution in [-0.2, 0) is 10.0 Å². The van der Waals surface area contributed by atoms with Crippen molar-refractivity contribution in [3.63, 3.8) is 0 Å². The maximum Gasteiger partial charge on any atom is 0.321 e. The molecule has 0 bridgehead atoms. The second-order valence-electron chi connectivity index (χ2n) is 5.44. The lowest BCUT2D eigenvalue weighted by molar-refractivity contribution is -0.532. The number of benzene rings is 1. The van der Waals surface area contributed by atoms with Crippen molar-refractivity contribution in [2.75, 3.05) is 43.1 Å². The molecule has 0 unspecified atom stereocenters. The van der Waals surface area contributed by atoms with E-state index >= 15 is 0 Å². The van der Waals surface area contributed by atoms with Crippen molar-refractivity contribution in [2.45, 2.75) is 0 Å². The molecule has 24 heavy (non-hydrogen) atoms. The highest BCUT2D eigenvalue weighted by atomic mass is 32.2. The predicted octanol–water partition coefficient (Wildman–Crippen LogP) is -0.442. The van der Waals surface area contributed by atoms with Gasteiger partial charge in [0.25, 0.3) is 0 Å². The van der Waals surface area contributed by atoms with Crippen molar-refractivity contribution in [2.24, 2.45) is 15.8 Å². The topological polar surface area (TPSA) is 123 Å². The van der Waals surface area contributed by atoms with Gasteiger partial charge in [0.15, 0.2) is 5.71 Å². The quantitative estimate of drug-likeness (QED) is 0.598. The van der Waals surface area contributed by atoms with Crippen LogP contribution in [0.3, 0.4) is 0 Å². The zero-order chi connectivity index (χ0) is 17.9. The number of β-amino-alcohol motifs (C(OH)–C–C–N with tert-alkyl or cyclic N) is 1. The molecular formula is C14H21N6O3S+. The number of aliphatic hydroxyl groups excluding tert-OH is 1. The molecule has 10 heteroatoms. The van der Waals surface area contributed by atoms with Gasteiger partial charge in [-0.2, -0.15) is 0 Å². The molecular weight excluding hydrogens is 332 g/mol. The predicted molar refractivity (Wildman–Crippen MR) is 96.2 cm³/mol. The average Bonchev–Trinajstić information content (AvgIpc) is 2.81. The van der Waals surface area contributed by atoms with E-state index in [9.17, 15) is 8.42 Å². The molecule has 1 heterocycles. The fraction of sp³-hybridized carbons (Fsp3) is 0.357. The maximum atomic E-state index is 11.6. The van der Waals surface area contributed by atoms with Gasteiger partial charge in [-0.3, -0.25) is 10.5 Å². The number of hydrazone groups is 1. The van der Waals surface area contributed by atoms with E-state index in [1.807, 2.05) is 25.1 Å². The van der Waals surface area contributed by atoms with Crippen LogP contribution in [0.15, 0.2) is 28.3 Å². The molecule has 0 aliphatic carbocycles. The summed E-state index contributed by atoms with van der Waals surface area (Å²) in [6.07, 6.45) is 2.54. The first kappa shape index (κ1) is 17.9. The largest absolute Gasteiger partial charge is 0.392 e. The summed E-state index contributed by atoms with van der Waals surface area (Å²) in [4.78, 5) is 6.24. The molecule has 4 N–H and O–H groups in total. The van der Waals surface area contributed by atoms with Gasteiger partial charge in [0.05, 0.1) is 24.2 Å². The third-order valence-electron chi connectivity index (χ3n) is 3.20. The second kappa shape index (κ2) is 6.97. The highest BCUT2D eigenvalue weighted by Gasteiger charge is 2.21. The molecule has 1 aromatic carbocycles. The summed E-state index contributed by atoms with van der Waals surface area (Å²) < 4.78 is 27.1. The Hall–Kier alpha value is -2.46. The molecule has 0 saturated carbocycles. The minimum Gasteiger partial charge on any atom is -0.392 e. The fourth-order valence-corrected chi connectivity index (χ4v) is 2.62. The zero-order valence-corrected chi connectivity index (χ0v) is 14.6. The van der Waals surface area contributed by atoms with Gasteiger partial charge >= 0.3 is 5.84 Å². The Morgan fingerprint density at radius 3 is 2.71 bits per heavy atom. The van der Waals surface area contributed by atoms with Gasteiger partial charge in [-0.15, -0.1) is 4.68 Å². The smallest absolute Gasteiger partial charge is 0.321 e. The van der Waals surface area contributed by atoms with Gasteiger partial charge in [-0.05, 0) is 18.2 Å². The normalized spacial score (nSPS) is 16.1. The molecule has 0 atom stereocenters. The summed E-state index contributed by atoms with van der Waals surface area (Å²) in [7, 11) is 0.247. The van der Waals surface area contributed by atoms with E-state index < -0.39 is 10.0 Å². The summed E-state index contributed by atoms with van der Waals surface area (Å²) in [6.45, 7) is 0.166. The Labute approximate surface area is 140 Å². The van der Waals surface area contributed by atoms with Crippen LogP contribution in [0.1, 0.15) is 0 Å². The molecule has 1 aliphatic heterocycles. The second-order valence-corrected chi connectivity index (χ2v) is 7.19. The minimum absolute atomic E-state index is 0.0935. The molecule has 0 spiro atoms. The summed E-state index contributed by atoms with van der Waals surface area (Å²) in [5.74, 6) is 0.297. The van der Waals surface area contributed by atoms with Crippen molar-refractivity contribution in [1.82, 2.24) is 0 Å².